The number of rotatable bonds is 6. The predicted molar refractivity (Wildman–Crippen MR) is 145 cm³/mol. The van der Waals surface area contributed by atoms with Gasteiger partial charge in [0.1, 0.15) is 16.1 Å². The van der Waals surface area contributed by atoms with Gasteiger partial charge in [-0.15, -0.1) is 22.7 Å². The summed E-state index contributed by atoms with van der Waals surface area (Å²) in [6.45, 7) is 4.30. The molecule has 2 aromatic heterocycles. The highest BCUT2D eigenvalue weighted by atomic mass is 32.2. The van der Waals surface area contributed by atoms with Crippen molar-refractivity contribution in [2.24, 2.45) is 5.73 Å². The number of nitrogens with one attached hydrogen (secondary N) is 2. The third kappa shape index (κ3) is 4.94. The Balaban J connectivity index is 1.41. The lowest BCUT2D eigenvalue weighted by atomic mass is 10.1. The molecular formula is C24H28N6O5S3. The Morgan fingerprint density at radius 1 is 1.26 bits per heavy atom. The van der Waals surface area contributed by atoms with E-state index in [0.717, 1.165) is 28.3 Å². The molecule has 0 bridgehead atoms. The van der Waals surface area contributed by atoms with Crippen LogP contribution in [0.3, 0.4) is 0 Å². The highest BCUT2D eigenvalue weighted by molar-refractivity contribution is 7.91. The van der Waals surface area contributed by atoms with Gasteiger partial charge < -0.3 is 20.7 Å². The van der Waals surface area contributed by atoms with Crippen LogP contribution in [-0.4, -0.2) is 78.6 Å². The Kier molecular flexibility index (Phi) is 7.26. The molecule has 2 aliphatic rings. The van der Waals surface area contributed by atoms with Crippen molar-refractivity contribution in [3.05, 3.63) is 45.4 Å². The largest absolute Gasteiger partial charge is 0.464 e. The second kappa shape index (κ2) is 10.3. The third-order valence-corrected chi connectivity index (χ3v) is 11.1. The first-order valence-electron chi connectivity index (χ1n) is 12.2. The summed E-state index contributed by atoms with van der Waals surface area (Å²) in [5, 5.41) is 12.0. The SMILES string of the molecule is CCOC(=O)C1CN(S(=O)(=O)c2cc3ccc(C(=N)N)cc3s2)CCN1C(=O)c1nc2c(s1)CNC(C)C2. The predicted octanol–water partition coefficient (Wildman–Crippen LogP) is 1.75. The van der Waals surface area contributed by atoms with Crippen LogP contribution in [0.15, 0.2) is 28.5 Å². The topological polar surface area (TPSA) is 159 Å². The molecule has 1 fully saturated rings. The van der Waals surface area contributed by atoms with Crippen molar-refractivity contribution >= 4 is 60.5 Å². The van der Waals surface area contributed by atoms with Gasteiger partial charge in [-0.25, -0.2) is 18.2 Å². The number of nitrogens with two attached hydrogens (primary N) is 1. The van der Waals surface area contributed by atoms with Gasteiger partial charge in [-0.3, -0.25) is 10.2 Å². The number of carbonyl (C=O) groups is 2. The van der Waals surface area contributed by atoms with Crippen LogP contribution in [0.5, 0.6) is 0 Å². The van der Waals surface area contributed by atoms with Crippen LogP contribution >= 0.6 is 22.7 Å². The molecule has 0 spiro atoms. The number of carbonyl (C=O) groups excluding carboxylic acids is 2. The number of nitrogens with zero attached hydrogens (tertiary/aromatic N) is 3. The van der Waals surface area contributed by atoms with Gasteiger partial charge in [0.25, 0.3) is 15.9 Å². The number of amides is 1. The van der Waals surface area contributed by atoms with E-state index in [4.69, 9.17) is 15.9 Å². The van der Waals surface area contributed by atoms with Crippen molar-refractivity contribution in [1.82, 2.24) is 19.5 Å². The molecule has 5 rings (SSSR count). The average molecular weight is 577 g/mol. The Hall–Kier alpha value is -2.91. The molecule has 38 heavy (non-hydrogen) atoms. The molecule has 3 aromatic rings. The molecule has 14 heteroatoms. The first-order chi connectivity index (χ1) is 18.1. The van der Waals surface area contributed by atoms with Crippen molar-refractivity contribution in [2.45, 2.75) is 43.1 Å². The van der Waals surface area contributed by atoms with Crippen LogP contribution < -0.4 is 11.1 Å². The smallest absolute Gasteiger partial charge is 0.330 e. The van der Waals surface area contributed by atoms with Crippen LogP contribution in [0, 0.1) is 5.41 Å². The zero-order valence-electron chi connectivity index (χ0n) is 20.9. The number of thiazole rings is 1. The highest BCUT2D eigenvalue weighted by Gasteiger charge is 2.42. The minimum Gasteiger partial charge on any atom is -0.464 e. The van der Waals surface area contributed by atoms with Gasteiger partial charge in [0.2, 0.25) is 0 Å². The van der Waals surface area contributed by atoms with E-state index in [1.165, 1.54) is 20.5 Å². The van der Waals surface area contributed by atoms with Crippen LogP contribution in [-0.2, 0) is 32.5 Å². The maximum Gasteiger partial charge on any atom is 0.330 e. The summed E-state index contributed by atoms with van der Waals surface area (Å²) >= 11 is 2.38. The molecule has 0 radical (unpaired) electrons. The molecular weight excluding hydrogens is 549 g/mol. The van der Waals surface area contributed by atoms with Crippen molar-refractivity contribution in [3.8, 4) is 0 Å². The van der Waals surface area contributed by atoms with Gasteiger partial charge in [0.15, 0.2) is 5.01 Å². The van der Waals surface area contributed by atoms with Gasteiger partial charge in [-0.2, -0.15) is 4.31 Å². The number of piperazine rings is 1. The van der Waals surface area contributed by atoms with E-state index in [9.17, 15) is 18.0 Å². The van der Waals surface area contributed by atoms with E-state index < -0.39 is 27.9 Å². The minimum absolute atomic E-state index is 0.0276. The quantitative estimate of drug-likeness (QED) is 0.227. The number of fused-ring (bicyclic) bond motifs is 2. The van der Waals surface area contributed by atoms with Crippen molar-refractivity contribution in [1.29, 1.82) is 5.41 Å². The van der Waals surface area contributed by atoms with Gasteiger partial charge in [-0.05, 0) is 31.4 Å². The van der Waals surface area contributed by atoms with Crippen LogP contribution in [0.1, 0.15) is 39.8 Å². The minimum atomic E-state index is -3.96. The van der Waals surface area contributed by atoms with Crippen molar-refractivity contribution < 1.29 is 22.7 Å². The summed E-state index contributed by atoms with van der Waals surface area (Å²) in [5.74, 6) is -1.15. The first kappa shape index (κ1) is 26.7. The summed E-state index contributed by atoms with van der Waals surface area (Å²) in [6, 6.07) is 5.82. The van der Waals surface area contributed by atoms with Crippen LogP contribution in [0.25, 0.3) is 10.1 Å². The second-order valence-corrected chi connectivity index (χ2v) is 13.6. The summed E-state index contributed by atoms with van der Waals surface area (Å²) in [7, 11) is -3.96. The summed E-state index contributed by atoms with van der Waals surface area (Å²) in [4.78, 5) is 33.4. The maximum atomic E-state index is 13.6. The van der Waals surface area contributed by atoms with Crippen molar-refractivity contribution in [2.75, 3.05) is 26.2 Å². The Labute approximate surface area is 228 Å². The fourth-order valence-corrected chi connectivity index (χ4v) is 8.64. The van der Waals surface area contributed by atoms with Crippen LogP contribution in [0.2, 0.25) is 0 Å². The molecule has 0 saturated carbocycles. The number of hydrogen-bond acceptors (Lipinski definition) is 10. The van der Waals surface area contributed by atoms with E-state index in [1.54, 1.807) is 31.2 Å². The molecule has 4 heterocycles. The number of thiophene rings is 1. The molecule has 1 amide bonds. The first-order valence-corrected chi connectivity index (χ1v) is 15.2. The van der Waals surface area contributed by atoms with Gasteiger partial charge in [-0.1, -0.05) is 12.1 Å². The maximum absolute atomic E-state index is 13.6. The number of amidine groups is 1. The van der Waals surface area contributed by atoms with E-state index in [1.807, 2.05) is 0 Å². The molecule has 1 aromatic carbocycles. The monoisotopic (exact) mass is 576 g/mol. The van der Waals surface area contributed by atoms with Gasteiger partial charge >= 0.3 is 5.97 Å². The van der Waals surface area contributed by atoms with E-state index in [-0.39, 0.29) is 42.3 Å². The molecule has 2 unspecified atom stereocenters. The second-order valence-electron chi connectivity index (χ2n) is 9.24. The molecule has 11 nitrogen and oxygen atoms in total. The lowest BCUT2D eigenvalue weighted by molar-refractivity contribution is -0.149. The molecule has 202 valence electrons. The fourth-order valence-electron chi connectivity index (χ4n) is 4.61. The number of aromatic nitrogens is 1. The fraction of sp³-hybridized carbons (Fsp3) is 0.417. The number of sulfonamides is 1. The number of ether oxygens (including phenoxy) is 1. The van der Waals surface area contributed by atoms with Crippen molar-refractivity contribution in [3.63, 3.8) is 0 Å². The summed E-state index contributed by atoms with van der Waals surface area (Å²) in [5.41, 5.74) is 6.97. The lowest BCUT2D eigenvalue weighted by Crippen LogP contribution is -2.59. The Bertz CT molecular complexity index is 1530. The van der Waals surface area contributed by atoms with Crippen LogP contribution in [0.4, 0.5) is 0 Å². The summed E-state index contributed by atoms with van der Waals surface area (Å²) in [6.07, 6.45) is 0.718. The zero-order valence-corrected chi connectivity index (χ0v) is 23.3. The number of benzene rings is 1. The molecule has 4 N–H and O–H groups in total. The van der Waals surface area contributed by atoms with E-state index in [2.05, 4.69) is 17.2 Å². The molecule has 0 aliphatic carbocycles. The number of nitrogen functional groups attached to an aromatic ring is 1. The normalized spacial score (nSPS) is 20.3. The summed E-state index contributed by atoms with van der Waals surface area (Å²) < 4.78 is 34.5. The standard InChI is InChI=1S/C24H28N6O5S3/c1-3-35-24(32)17-12-29(38(33,34)20-10-14-4-5-15(21(25)26)9-18(14)36-20)6-7-30(17)23(31)22-28-16-8-13(2)27-11-19(16)37-22/h4-5,9-10,13,17,27H,3,6-8,11-12H2,1-2H3,(H3,25,26). The van der Waals surface area contributed by atoms with Gasteiger partial charge in [0, 0.05) is 53.8 Å². The highest BCUT2D eigenvalue weighted by Crippen LogP contribution is 2.33. The third-order valence-electron chi connectivity index (χ3n) is 6.64. The molecule has 2 atom stereocenters. The average Bonchev–Trinajstić information content (AvgIpc) is 3.52. The van der Waals surface area contributed by atoms with Gasteiger partial charge in [0.05, 0.1) is 12.3 Å². The Morgan fingerprint density at radius 3 is 2.79 bits per heavy atom. The Morgan fingerprint density at radius 2 is 2.05 bits per heavy atom. The van der Waals surface area contributed by atoms with E-state index in [0.29, 0.717) is 27.2 Å². The molecule has 2 aliphatic heterocycles. The number of hydrogen-bond donors (Lipinski definition) is 3. The zero-order chi connectivity index (χ0) is 27.2. The number of esters is 1. The molecule has 1 saturated heterocycles. The van der Waals surface area contributed by atoms with E-state index >= 15 is 0 Å². The lowest BCUT2D eigenvalue weighted by Gasteiger charge is -2.38.